The van der Waals surface area contributed by atoms with Gasteiger partial charge < -0.3 is 20.4 Å². The molecule has 2 heterocycles. The van der Waals surface area contributed by atoms with Gasteiger partial charge in [0.15, 0.2) is 11.6 Å². The van der Waals surface area contributed by atoms with Crippen molar-refractivity contribution in [3.8, 4) is 11.6 Å². The molecule has 0 saturated carbocycles. The lowest BCUT2D eigenvalue weighted by Gasteiger charge is -2.16. The summed E-state index contributed by atoms with van der Waals surface area (Å²) in [6.07, 6.45) is 3.21. The average Bonchev–Trinajstić information content (AvgIpc) is 3.21. The molecule has 0 spiro atoms. The summed E-state index contributed by atoms with van der Waals surface area (Å²) in [5.41, 5.74) is 0.805. The van der Waals surface area contributed by atoms with E-state index in [1.165, 1.54) is 18.3 Å². The molecule has 0 aliphatic heterocycles. The summed E-state index contributed by atoms with van der Waals surface area (Å²) in [7, 11) is 0. The second-order valence-electron chi connectivity index (χ2n) is 6.79. The van der Waals surface area contributed by atoms with Gasteiger partial charge in [-0.1, -0.05) is 30.3 Å². The van der Waals surface area contributed by atoms with Crippen LogP contribution < -0.4 is 26.2 Å². The molecule has 0 aliphatic carbocycles. The summed E-state index contributed by atoms with van der Waals surface area (Å²) in [5, 5.41) is 6.81. The van der Waals surface area contributed by atoms with E-state index < -0.39 is 16.7 Å². The lowest BCUT2D eigenvalue weighted by molar-refractivity contribution is 0.429. The number of para-hydroxylation sites is 2. The number of benzene rings is 2. The Morgan fingerprint density at radius 1 is 0.839 bits per heavy atom. The van der Waals surface area contributed by atoms with Crippen molar-refractivity contribution in [2.45, 2.75) is 0 Å². The van der Waals surface area contributed by atoms with Crippen molar-refractivity contribution < 1.29 is 9.13 Å². The van der Waals surface area contributed by atoms with Gasteiger partial charge in [-0.15, -0.1) is 0 Å². The molecular weight excluding hydrogens is 399 g/mol. The molecule has 0 saturated heterocycles. The molecule has 7 nitrogen and oxygen atoms in total. The van der Waals surface area contributed by atoms with Crippen molar-refractivity contribution in [3.63, 3.8) is 0 Å². The predicted molar refractivity (Wildman–Crippen MR) is 117 cm³/mol. The minimum absolute atomic E-state index is 0.00798. The number of aromatic nitrogens is 2. The van der Waals surface area contributed by atoms with E-state index in [-0.39, 0.29) is 23.0 Å². The van der Waals surface area contributed by atoms with Crippen molar-refractivity contribution in [3.05, 3.63) is 99.3 Å². The molecule has 5 aromatic rings. The van der Waals surface area contributed by atoms with Gasteiger partial charge in [-0.2, -0.15) is 0 Å². The van der Waals surface area contributed by atoms with Gasteiger partial charge in [-0.25, -0.2) is 9.37 Å². The van der Waals surface area contributed by atoms with Gasteiger partial charge in [0.1, 0.15) is 17.1 Å². The van der Waals surface area contributed by atoms with Crippen LogP contribution in [-0.2, 0) is 0 Å². The molecule has 0 radical (unpaired) electrons. The Bertz CT molecular complexity index is 1480. The van der Waals surface area contributed by atoms with Crippen LogP contribution in [0.1, 0.15) is 0 Å². The third-order valence-corrected chi connectivity index (χ3v) is 4.83. The molecule has 2 aromatic heterocycles. The minimum Gasteiger partial charge on any atom is -0.434 e. The highest BCUT2D eigenvalue weighted by molar-refractivity contribution is 5.96. The summed E-state index contributed by atoms with van der Waals surface area (Å²) < 4.78 is 19.5. The van der Waals surface area contributed by atoms with Crippen LogP contribution in [0, 0.1) is 5.82 Å². The van der Waals surface area contributed by atoms with Crippen LogP contribution >= 0.6 is 0 Å². The molecule has 0 fully saturated rings. The fourth-order valence-corrected chi connectivity index (χ4v) is 3.27. The standard InChI is InChI=1S/C23H15FN4O3/c24-14-7-2-4-10-18(14)31-23-16(9-5-11-25-23)27-19-20(22(30)21(19)29)28-17-12-26-15-8-3-1-6-13(15)17/h1-12,26-28H. The first-order chi connectivity index (χ1) is 15.1. The van der Waals surface area contributed by atoms with Gasteiger partial charge in [0.25, 0.3) is 10.9 Å². The molecule has 152 valence electrons. The molecule has 0 amide bonds. The molecule has 0 unspecified atom stereocenters. The van der Waals surface area contributed by atoms with E-state index in [4.69, 9.17) is 4.74 Å². The Morgan fingerprint density at radius 3 is 2.35 bits per heavy atom. The first kappa shape index (κ1) is 18.6. The smallest absolute Gasteiger partial charge is 0.253 e. The molecule has 0 aliphatic rings. The van der Waals surface area contributed by atoms with E-state index in [2.05, 4.69) is 20.6 Å². The predicted octanol–water partition coefficient (Wildman–Crippen LogP) is 4.58. The molecule has 5 rings (SSSR count). The third-order valence-electron chi connectivity index (χ3n) is 4.83. The molecule has 0 bridgehead atoms. The SMILES string of the molecule is O=c1c(Nc2cccnc2Oc2ccccc2F)c(Nc2c[nH]c3ccccc23)c1=O. The number of nitrogens with one attached hydrogen (secondary N) is 3. The molecule has 8 heteroatoms. The number of nitrogens with zero attached hydrogens (tertiary/aromatic N) is 1. The summed E-state index contributed by atoms with van der Waals surface area (Å²) in [6.45, 7) is 0. The molecule has 0 atom stereocenters. The van der Waals surface area contributed by atoms with Crippen LogP contribution in [0.2, 0.25) is 0 Å². The zero-order valence-corrected chi connectivity index (χ0v) is 16.0. The Morgan fingerprint density at radius 2 is 1.55 bits per heavy atom. The topological polar surface area (TPSA) is 96.1 Å². The van der Waals surface area contributed by atoms with Gasteiger partial charge in [-0.05, 0) is 30.3 Å². The Kier molecular flexibility index (Phi) is 4.44. The molecule has 3 N–H and O–H groups in total. The fourth-order valence-electron chi connectivity index (χ4n) is 3.27. The normalized spacial score (nSPS) is 11.0. The van der Waals surface area contributed by atoms with Crippen molar-refractivity contribution >= 4 is 33.7 Å². The second kappa shape index (κ2) is 7.42. The van der Waals surface area contributed by atoms with Crippen LogP contribution in [0.5, 0.6) is 11.6 Å². The van der Waals surface area contributed by atoms with Crippen LogP contribution in [-0.4, -0.2) is 9.97 Å². The van der Waals surface area contributed by atoms with E-state index in [0.717, 1.165) is 10.9 Å². The number of ether oxygens (including phenoxy) is 1. The quantitative estimate of drug-likeness (QED) is 0.352. The monoisotopic (exact) mass is 414 g/mol. The zero-order chi connectivity index (χ0) is 21.4. The van der Waals surface area contributed by atoms with Crippen molar-refractivity contribution in [2.75, 3.05) is 10.6 Å². The third kappa shape index (κ3) is 3.29. The number of rotatable bonds is 6. The number of aromatic amines is 1. The minimum atomic E-state index is -0.664. The van der Waals surface area contributed by atoms with Crippen molar-refractivity contribution in [1.29, 1.82) is 0 Å². The Labute approximate surface area is 174 Å². The van der Waals surface area contributed by atoms with Crippen LogP contribution in [0.15, 0.2) is 82.6 Å². The summed E-state index contributed by atoms with van der Waals surface area (Å²) in [6, 6.07) is 16.7. The first-order valence-corrected chi connectivity index (χ1v) is 9.42. The maximum atomic E-state index is 14.0. The first-order valence-electron chi connectivity index (χ1n) is 9.42. The maximum Gasteiger partial charge on any atom is 0.253 e. The lowest BCUT2D eigenvalue weighted by atomic mass is 10.1. The Balaban J connectivity index is 1.46. The number of fused-ring (bicyclic) bond motifs is 1. The van der Waals surface area contributed by atoms with Gasteiger partial charge in [-0.3, -0.25) is 9.59 Å². The number of hydrogen-bond donors (Lipinski definition) is 3. The lowest BCUT2D eigenvalue weighted by Crippen LogP contribution is -2.35. The van der Waals surface area contributed by atoms with Gasteiger partial charge in [0, 0.05) is 23.3 Å². The van der Waals surface area contributed by atoms with Crippen LogP contribution in [0.25, 0.3) is 10.9 Å². The molecule has 3 aromatic carbocycles. The zero-order valence-electron chi connectivity index (χ0n) is 16.0. The highest BCUT2D eigenvalue weighted by Gasteiger charge is 2.23. The second-order valence-corrected chi connectivity index (χ2v) is 6.79. The van der Waals surface area contributed by atoms with Crippen LogP contribution in [0.4, 0.5) is 27.1 Å². The van der Waals surface area contributed by atoms with Crippen molar-refractivity contribution in [2.24, 2.45) is 0 Å². The maximum absolute atomic E-state index is 14.0. The highest BCUT2D eigenvalue weighted by atomic mass is 19.1. The average molecular weight is 414 g/mol. The number of hydrogen-bond acceptors (Lipinski definition) is 6. The Hall–Kier alpha value is -4.46. The number of pyridine rings is 1. The van der Waals surface area contributed by atoms with E-state index in [0.29, 0.717) is 11.4 Å². The molecule has 31 heavy (non-hydrogen) atoms. The summed E-state index contributed by atoms with van der Waals surface area (Å²) >= 11 is 0. The largest absolute Gasteiger partial charge is 0.434 e. The molecular formula is C23H15FN4O3. The summed E-state index contributed by atoms with van der Waals surface area (Å²) in [5.74, 6) is -0.486. The highest BCUT2D eigenvalue weighted by Crippen LogP contribution is 2.33. The van der Waals surface area contributed by atoms with Gasteiger partial charge >= 0.3 is 0 Å². The number of halogens is 1. The van der Waals surface area contributed by atoms with Gasteiger partial charge in [0.05, 0.1) is 5.69 Å². The van der Waals surface area contributed by atoms with E-state index in [1.54, 1.807) is 30.5 Å². The number of H-pyrrole nitrogens is 1. The fraction of sp³-hybridized carbons (Fsp3) is 0. The number of anilines is 4. The summed E-state index contributed by atoms with van der Waals surface area (Å²) in [4.78, 5) is 31.7. The van der Waals surface area contributed by atoms with Crippen molar-refractivity contribution in [1.82, 2.24) is 9.97 Å². The van der Waals surface area contributed by atoms with E-state index in [1.807, 2.05) is 24.3 Å². The van der Waals surface area contributed by atoms with Crippen LogP contribution in [0.3, 0.4) is 0 Å². The van der Waals surface area contributed by atoms with Gasteiger partial charge in [0.2, 0.25) is 5.88 Å². The van der Waals surface area contributed by atoms with E-state index >= 15 is 0 Å². The van der Waals surface area contributed by atoms with E-state index in [9.17, 15) is 14.0 Å².